The van der Waals surface area contributed by atoms with Crippen LogP contribution in [0.1, 0.15) is 104 Å². The summed E-state index contributed by atoms with van der Waals surface area (Å²) in [7, 11) is 1.27. The molecule has 0 rings (SSSR count). The predicted octanol–water partition coefficient (Wildman–Crippen LogP) is 6.42. The average Bonchev–Trinajstić information content (AvgIpc) is 2.71. The van der Waals surface area contributed by atoms with Crippen molar-refractivity contribution in [2.75, 3.05) is 54.1 Å². The molecule has 0 bridgehead atoms. The van der Waals surface area contributed by atoms with Gasteiger partial charge in [0.2, 0.25) is 0 Å². The van der Waals surface area contributed by atoms with Crippen molar-refractivity contribution in [1.82, 2.24) is 0 Å². The fourth-order valence-electron chi connectivity index (χ4n) is 3.40. The molecule has 0 aromatic rings. The van der Waals surface area contributed by atoms with Gasteiger partial charge in [-0.1, -0.05) is 90.4 Å². The maximum Gasteiger partial charge on any atom is 0.268 e. The third-order valence-corrected chi connectivity index (χ3v) is 6.52. The molecule has 0 aromatic carbocycles. The SMILES string of the molecule is CCCCCCCCCCCCCCCCOCC(C)(F)COP(=O)([O-])OCC[N+](C)(C)C. The summed E-state index contributed by atoms with van der Waals surface area (Å²) in [5.74, 6) is 0. The second-order valence-corrected chi connectivity index (χ2v) is 12.0. The number of alkyl halides is 1. The van der Waals surface area contributed by atoms with Crippen molar-refractivity contribution in [2.24, 2.45) is 0 Å². The van der Waals surface area contributed by atoms with Crippen molar-refractivity contribution in [3.05, 3.63) is 0 Å². The lowest BCUT2D eigenvalue weighted by molar-refractivity contribution is -0.870. The fourth-order valence-corrected chi connectivity index (χ4v) is 4.21. The van der Waals surface area contributed by atoms with E-state index in [1.165, 1.54) is 84.0 Å². The van der Waals surface area contributed by atoms with Crippen molar-refractivity contribution >= 4 is 7.82 Å². The summed E-state index contributed by atoms with van der Waals surface area (Å²) in [5, 5.41) is 0. The molecule has 0 spiro atoms. The zero-order valence-electron chi connectivity index (χ0n) is 22.2. The van der Waals surface area contributed by atoms with E-state index < -0.39 is 20.1 Å². The summed E-state index contributed by atoms with van der Waals surface area (Å²) in [6.45, 7) is 3.73. The first-order valence-corrected chi connectivity index (χ1v) is 14.6. The quantitative estimate of drug-likeness (QED) is 0.0874. The molecule has 0 heterocycles. The van der Waals surface area contributed by atoms with Gasteiger partial charge in [-0.2, -0.15) is 0 Å². The minimum absolute atomic E-state index is 0.00288. The Labute approximate surface area is 203 Å². The van der Waals surface area contributed by atoms with E-state index in [2.05, 4.69) is 6.92 Å². The number of hydrogen-bond donors (Lipinski definition) is 0. The molecule has 33 heavy (non-hydrogen) atoms. The van der Waals surface area contributed by atoms with Gasteiger partial charge in [0, 0.05) is 6.61 Å². The van der Waals surface area contributed by atoms with Crippen LogP contribution in [0.25, 0.3) is 0 Å². The summed E-state index contributed by atoms with van der Waals surface area (Å²) in [4.78, 5) is 11.8. The van der Waals surface area contributed by atoms with Gasteiger partial charge in [0.1, 0.15) is 13.2 Å². The van der Waals surface area contributed by atoms with Crippen LogP contribution >= 0.6 is 7.82 Å². The number of phosphoric acid groups is 1. The lowest BCUT2D eigenvalue weighted by Gasteiger charge is -2.29. The van der Waals surface area contributed by atoms with Crippen molar-refractivity contribution < 1.29 is 32.1 Å². The fraction of sp³-hybridized carbons (Fsp3) is 1.00. The lowest BCUT2D eigenvalue weighted by atomic mass is 10.0. The number of phosphoric ester groups is 1. The van der Waals surface area contributed by atoms with E-state index in [9.17, 15) is 13.8 Å². The Balaban J connectivity index is 3.56. The van der Waals surface area contributed by atoms with E-state index in [-0.39, 0.29) is 13.2 Å². The van der Waals surface area contributed by atoms with Crippen LogP contribution in [0.4, 0.5) is 4.39 Å². The van der Waals surface area contributed by atoms with Crippen LogP contribution in [0, 0.1) is 0 Å². The Morgan fingerprint density at radius 1 is 0.758 bits per heavy atom. The molecule has 0 fully saturated rings. The largest absolute Gasteiger partial charge is 0.756 e. The van der Waals surface area contributed by atoms with Gasteiger partial charge in [-0.15, -0.1) is 0 Å². The molecular formula is C25H53FNO5P. The number of rotatable bonds is 24. The molecule has 0 aliphatic carbocycles. The smallest absolute Gasteiger partial charge is 0.268 e. The molecule has 0 aliphatic heterocycles. The van der Waals surface area contributed by atoms with Crippen LogP contribution in [0.2, 0.25) is 0 Å². The number of nitrogens with zero attached hydrogens (tertiary/aromatic N) is 1. The standard InChI is InChI=1S/C25H53FNO5P/c1-6-7-8-9-10-11-12-13-14-15-16-17-18-19-21-30-23-25(2,26)24-32-33(28,29)31-22-20-27(3,4)5/h6-24H2,1-5H3. The van der Waals surface area contributed by atoms with E-state index in [0.29, 0.717) is 17.6 Å². The van der Waals surface area contributed by atoms with Crippen LogP contribution in [0.5, 0.6) is 0 Å². The van der Waals surface area contributed by atoms with Gasteiger partial charge in [0.25, 0.3) is 7.82 Å². The molecule has 8 heteroatoms. The molecule has 0 saturated carbocycles. The van der Waals surface area contributed by atoms with Crippen LogP contribution in [-0.2, 0) is 18.3 Å². The molecule has 0 saturated heterocycles. The monoisotopic (exact) mass is 497 g/mol. The molecule has 0 radical (unpaired) electrons. The van der Waals surface area contributed by atoms with E-state index in [1.54, 1.807) is 0 Å². The predicted molar refractivity (Wildman–Crippen MR) is 133 cm³/mol. The Morgan fingerprint density at radius 2 is 1.21 bits per heavy atom. The van der Waals surface area contributed by atoms with Crippen LogP contribution < -0.4 is 4.89 Å². The maximum atomic E-state index is 14.4. The van der Waals surface area contributed by atoms with E-state index in [0.717, 1.165) is 12.8 Å². The van der Waals surface area contributed by atoms with Crippen molar-refractivity contribution in [1.29, 1.82) is 0 Å². The second-order valence-electron chi connectivity index (χ2n) is 10.6. The summed E-state index contributed by atoms with van der Waals surface area (Å²) in [5.41, 5.74) is -1.88. The van der Waals surface area contributed by atoms with E-state index in [4.69, 9.17) is 13.8 Å². The topological polar surface area (TPSA) is 67.8 Å². The van der Waals surface area contributed by atoms with Crippen molar-refractivity contribution in [2.45, 2.75) is 109 Å². The van der Waals surface area contributed by atoms with Crippen molar-refractivity contribution in [3.8, 4) is 0 Å². The molecule has 0 aromatic heterocycles. The Bertz CT molecular complexity index is 500. The first-order valence-electron chi connectivity index (χ1n) is 13.1. The molecule has 200 valence electrons. The van der Waals surface area contributed by atoms with Gasteiger partial charge in [0.05, 0.1) is 34.4 Å². The molecule has 6 nitrogen and oxygen atoms in total. The second kappa shape index (κ2) is 19.2. The normalized spacial score (nSPS) is 16.0. The number of quaternary nitrogens is 1. The van der Waals surface area contributed by atoms with E-state index >= 15 is 0 Å². The number of ether oxygens (including phenoxy) is 1. The highest BCUT2D eigenvalue weighted by atomic mass is 31.2. The summed E-state index contributed by atoms with van der Waals surface area (Å²) in [6, 6.07) is 0. The Hall–Kier alpha value is -0.0400. The third kappa shape index (κ3) is 24.9. The lowest BCUT2D eigenvalue weighted by Crippen LogP contribution is -2.38. The first kappa shape index (κ1) is 33.0. The zero-order chi connectivity index (χ0) is 25.1. The summed E-state index contributed by atoms with van der Waals surface area (Å²) in [6.07, 6.45) is 18.0. The summed E-state index contributed by atoms with van der Waals surface area (Å²) < 4.78 is 41.7. The van der Waals surface area contributed by atoms with Gasteiger partial charge in [-0.05, 0) is 13.3 Å². The van der Waals surface area contributed by atoms with Gasteiger partial charge in [0.15, 0.2) is 5.67 Å². The van der Waals surface area contributed by atoms with Gasteiger partial charge < -0.3 is 23.2 Å². The first-order chi connectivity index (χ1) is 15.5. The molecule has 0 aliphatic rings. The van der Waals surface area contributed by atoms with Crippen LogP contribution in [-0.4, -0.2) is 64.3 Å². The molecule has 0 N–H and O–H groups in total. The Kier molecular flexibility index (Phi) is 19.2. The minimum atomic E-state index is -4.51. The maximum absolute atomic E-state index is 14.4. The molecule has 2 atom stereocenters. The number of halogens is 1. The minimum Gasteiger partial charge on any atom is -0.756 e. The highest BCUT2D eigenvalue weighted by molar-refractivity contribution is 7.45. The van der Waals surface area contributed by atoms with Crippen LogP contribution in [0.3, 0.4) is 0 Å². The molecule has 0 amide bonds. The number of hydrogen-bond acceptors (Lipinski definition) is 5. The highest BCUT2D eigenvalue weighted by Crippen LogP contribution is 2.39. The molecular weight excluding hydrogens is 444 g/mol. The highest BCUT2D eigenvalue weighted by Gasteiger charge is 2.27. The van der Waals surface area contributed by atoms with Gasteiger partial charge in [-0.25, -0.2) is 4.39 Å². The van der Waals surface area contributed by atoms with Gasteiger partial charge in [-0.3, -0.25) is 4.57 Å². The average molecular weight is 498 g/mol. The Morgan fingerprint density at radius 3 is 1.67 bits per heavy atom. The zero-order valence-corrected chi connectivity index (χ0v) is 23.1. The van der Waals surface area contributed by atoms with Crippen LogP contribution in [0.15, 0.2) is 0 Å². The third-order valence-electron chi connectivity index (χ3n) is 5.58. The van der Waals surface area contributed by atoms with E-state index in [1.807, 2.05) is 21.1 Å². The number of unbranched alkanes of at least 4 members (excludes halogenated alkanes) is 13. The number of likely N-dealkylation sites (N-methyl/N-ethyl adjacent to an activating group) is 1. The molecule has 2 unspecified atom stereocenters. The summed E-state index contributed by atoms with van der Waals surface area (Å²) >= 11 is 0. The van der Waals surface area contributed by atoms with Gasteiger partial charge >= 0.3 is 0 Å². The van der Waals surface area contributed by atoms with Crippen molar-refractivity contribution in [3.63, 3.8) is 0 Å².